The van der Waals surface area contributed by atoms with Crippen molar-refractivity contribution in [2.45, 2.75) is 12.3 Å². The van der Waals surface area contributed by atoms with Crippen LogP contribution in [0.1, 0.15) is 23.5 Å². The third kappa shape index (κ3) is 6.30. The average molecular weight is 702 g/mol. The van der Waals surface area contributed by atoms with Gasteiger partial charge >= 0.3 is 0 Å². The Morgan fingerprint density at radius 2 is 0.800 bits per heavy atom. The van der Waals surface area contributed by atoms with Gasteiger partial charge in [0.2, 0.25) is 0 Å². The number of rotatable bonds is 7. The van der Waals surface area contributed by atoms with Crippen LogP contribution >= 0.6 is 0 Å². The van der Waals surface area contributed by atoms with Gasteiger partial charge in [0.25, 0.3) is 0 Å². The van der Waals surface area contributed by atoms with Crippen molar-refractivity contribution < 1.29 is 0 Å². The molecular formula is C54H39N. The summed E-state index contributed by atoms with van der Waals surface area (Å²) in [5, 5.41) is 2.49. The minimum absolute atomic E-state index is 0.382. The molecule has 1 unspecified atom stereocenters. The third-order valence-corrected chi connectivity index (χ3v) is 11.1. The molecule has 8 aromatic carbocycles. The standard InChI is InChI=1S/C54H39N/c1-5-13-38(14-6-1)42-21-25-44(26-22-42)48-33-49(45-27-23-43(24-28-45)39-15-7-2-8-16-39)35-50(34-48)55-53-31-29-46(40-17-9-3-10-18-40)36-51(53)52-37-47(30-32-54(52)55)41-19-11-4-12-20-41/h1-23,25-37,43H,24H2. The maximum atomic E-state index is 2.47. The van der Waals surface area contributed by atoms with Crippen LogP contribution in [0.25, 0.3) is 77.6 Å². The minimum Gasteiger partial charge on any atom is -0.309 e. The number of hydrogen-bond donors (Lipinski definition) is 0. The van der Waals surface area contributed by atoms with Crippen molar-refractivity contribution >= 4 is 27.4 Å². The zero-order valence-corrected chi connectivity index (χ0v) is 30.5. The van der Waals surface area contributed by atoms with E-state index in [4.69, 9.17) is 0 Å². The highest BCUT2D eigenvalue weighted by molar-refractivity contribution is 6.11. The van der Waals surface area contributed by atoms with E-state index in [1.165, 1.54) is 83.0 Å². The van der Waals surface area contributed by atoms with Crippen LogP contribution in [0.3, 0.4) is 0 Å². The Morgan fingerprint density at radius 3 is 1.31 bits per heavy atom. The van der Waals surface area contributed by atoms with Gasteiger partial charge in [0.05, 0.1) is 11.0 Å². The summed E-state index contributed by atoms with van der Waals surface area (Å²) in [6.07, 6.45) is 8.10. The molecule has 260 valence electrons. The van der Waals surface area contributed by atoms with Gasteiger partial charge in [-0.2, -0.15) is 0 Å². The van der Waals surface area contributed by atoms with Crippen LogP contribution in [0.4, 0.5) is 0 Å². The first-order valence-corrected chi connectivity index (χ1v) is 19.2. The summed E-state index contributed by atoms with van der Waals surface area (Å²) >= 11 is 0. The van der Waals surface area contributed by atoms with Gasteiger partial charge in [0, 0.05) is 22.4 Å². The van der Waals surface area contributed by atoms with E-state index in [0.717, 1.165) is 12.1 Å². The Bertz CT molecular complexity index is 2750. The molecule has 1 atom stereocenters. The molecule has 0 aliphatic heterocycles. The first-order chi connectivity index (χ1) is 27.2. The number of allylic oxidation sites excluding steroid dienone is 4. The van der Waals surface area contributed by atoms with Crippen LogP contribution in [-0.4, -0.2) is 4.57 Å². The zero-order valence-electron chi connectivity index (χ0n) is 30.5. The summed E-state index contributed by atoms with van der Waals surface area (Å²) in [7, 11) is 0. The molecule has 1 nitrogen and oxygen atoms in total. The van der Waals surface area contributed by atoms with E-state index >= 15 is 0 Å². The van der Waals surface area contributed by atoms with E-state index in [0.29, 0.717) is 5.92 Å². The van der Waals surface area contributed by atoms with Crippen molar-refractivity contribution in [2.24, 2.45) is 0 Å². The van der Waals surface area contributed by atoms with Crippen LogP contribution < -0.4 is 0 Å². The molecule has 0 saturated carbocycles. The van der Waals surface area contributed by atoms with E-state index in [1.54, 1.807) is 0 Å². The fourth-order valence-electron chi connectivity index (χ4n) is 8.26. The van der Waals surface area contributed by atoms with Gasteiger partial charge in [-0.1, -0.05) is 176 Å². The van der Waals surface area contributed by atoms with Gasteiger partial charge in [-0.25, -0.2) is 0 Å². The Kier molecular flexibility index (Phi) is 8.39. The highest BCUT2D eigenvalue weighted by Gasteiger charge is 2.18. The Balaban J connectivity index is 1.16. The SMILES string of the molecule is C1=CC(c2ccccc2)CC=C1c1cc(-c2ccc(-c3ccccc3)cc2)cc(-n2c3ccc(-c4ccccc4)cc3c3cc(-c4ccccc4)ccc32)c1. The number of aromatic nitrogens is 1. The molecule has 0 saturated heterocycles. The van der Waals surface area contributed by atoms with Gasteiger partial charge in [-0.3, -0.25) is 0 Å². The van der Waals surface area contributed by atoms with Gasteiger partial charge in [-0.05, 0) is 110 Å². The molecule has 1 aliphatic rings. The van der Waals surface area contributed by atoms with Crippen LogP contribution in [0.5, 0.6) is 0 Å². The summed E-state index contributed by atoms with van der Waals surface area (Å²) in [5.41, 5.74) is 17.1. The Morgan fingerprint density at radius 1 is 0.364 bits per heavy atom. The zero-order chi connectivity index (χ0) is 36.6. The monoisotopic (exact) mass is 701 g/mol. The summed E-state index contributed by atoms with van der Waals surface area (Å²) in [6.45, 7) is 0. The second-order valence-corrected chi connectivity index (χ2v) is 14.5. The van der Waals surface area contributed by atoms with E-state index in [9.17, 15) is 0 Å². The van der Waals surface area contributed by atoms with E-state index in [-0.39, 0.29) is 0 Å². The molecule has 1 aromatic heterocycles. The molecule has 0 N–H and O–H groups in total. The van der Waals surface area contributed by atoms with Crippen LogP contribution in [0.15, 0.2) is 218 Å². The predicted octanol–water partition coefficient (Wildman–Crippen LogP) is 14.6. The highest BCUT2D eigenvalue weighted by Crippen LogP contribution is 2.40. The third-order valence-electron chi connectivity index (χ3n) is 11.1. The molecule has 0 fully saturated rings. The predicted molar refractivity (Wildman–Crippen MR) is 233 cm³/mol. The summed E-state index contributed by atoms with van der Waals surface area (Å²) < 4.78 is 2.47. The van der Waals surface area contributed by atoms with Crippen molar-refractivity contribution in [3.63, 3.8) is 0 Å². The number of fused-ring (bicyclic) bond motifs is 3. The second kappa shape index (κ2) is 14.1. The van der Waals surface area contributed by atoms with Crippen LogP contribution in [-0.2, 0) is 0 Å². The maximum Gasteiger partial charge on any atom is 0.0541 e. The fraction of sp³-hybridized carbons (Fsp3) is 0.0370. The van der Waals surface area contributed by atoms with E-state index in [1.807, 2.05) is 0 Å². The minimum atomic E-state index is 0.382. The molecule has 10 rings (SSSR count). The second-order valence-electron chi connectivity index (χ2n) is 14.5. The first kappa shape index (κ1) is 32.7. The highest BCUT2D eigenvalue weighted by atomic mass is 15.0. The quantitative estimate of drug-likeness (QED) is 0.156. The maximum absolute atomic E-state index is 2.47. The Hall–Kier alpha value is -6.96. The van der Waals surface area contributed by atoms with Crippen molar-refractivity contribution in [2.75, 3.05) is 0 Å². The normalized spacial score (nSPS) is 14.0. The lowest BCUT2D eigenvalue weighted by Gasteiger charge is -2.19. The molecule has 9 aromatic rings. The van der Waals surface area contributed by atoms with E-state index < -0.39 is 0 Å². The molecule has 1 heteroatoms. The average Bonchev–Trinajstić information content (AvgIpc) is 3.60. The summed E-state index contributed by atoms with van der Waals surface area (Å²) in [6, 6.07) is 73.0. The van der Waals surface area contributed by atoms with Crippen LogP contribution in [0.2, 0.25) is 0 Å². The van der Waals surface area contributed by atoms with Crippen molar-refractivity contribution in [1.82, 2.24) is 4.57 Å². The largest absolute Gasteiger partial charge is 0.309 e. The molecule has 1 heterocycles. The topological polar surface area (TPSA) is 4.93 Å². The van der Waals surface area contributed by atoms with Crippen LogP contribution in [0, 0.1) is 0 Å². The fourth-order valence-corrected chi connectivity index (χ4v) is 8.26. The lowest BCUT2D eigenvalue weighted by molar-refractivity contribution is 0.856. The lowest BCUT2D eigenvalue weighted by atomic mass is 9.87. The van der Waals surface area contributed by atoms with Gasteiger partial charge < -0.3 is 4.57 Å². The molecule has 0 bridgehead atoms. The molecule has 0 radical (unpaired) electrons. The molecule has 0 spiro atoms. The van der Waals surface area contributed by atoms with Gasteiger partial charge in [-0.15, -0.1) is 0 Å². The van der Waals surface area contributed by atoms with E-state index in [2.05, 4.69) is 223 Å². The first-order valence-electron chi connectivity index (χ1n) is 19.2. The Labute approximate surface area is 322 Å². The molecule has 55 heavy (non-hydrogen) atoms. The molecule has 0 amide bonds. The van der Waals surface area contributed by atoms with Gasteiger partial charge in [0.1, 0.15) is 0 Å². The summed E-state index contributed by atoms with van der Waals surface area (Å²) in [4.78, 5) is 0. The molecule has 1 aliphatic carbocycles. The van der Waals surface area contributed by atoms with Crippen molar-refractivity contribution in [3.05, 3.63) is 230 Å². The molecular weight excluding hydrogens is 663 g/mol. The number of nitrogens with zero attached hydrogens (tertiary/aromatic N) is 1. The van der Waals surface area contributed by atoms with Crippen molar-refractivity contribution in [1.29, 1.82) is 0 Å². The smallest absolute Gasteiger partial charge is 0.0541 e. The summed E-state index contributed by atoms with van der Waals surface area (Å²) in [5.74, 6) is 0.382. The number of benzene rings is 8. The number of hydrogen-bond acceptors (Lipinski definition) is 0. The van der Waals surface area contributed by atoms with Gasteiger partial charge in [0.15, 0.2) is 0 Å². The lowest BCUT2D eigenvalue weighted by Crippen LogP contribution is -2.00. The van der Waals surface area contributed by atoms with Crippen molar-refractivity contribution in [3.8, 4) is 50.2 Å².